The number of anilines is 2. The van der Waals surface area contributed by atoms with Crippen LogP contribution in [0.5, 0.6) is 0 Å². The van der Waals surface area contributed by atoms with Crippen LogP contribution in [0.2, 0.25) is 0 Å². The largest absolute Gasteiger partial charge is 0.387 e. The van der Waals surface area contributed by atoms with E-state index in [1.54, 1.807) is 42.3 Å². The van der Waals surface area contributed by atoms with Gasteiger partial charge >= 0.3 is 0 Å². The van der Waals surface area contributed by atoms with Crippen LogP contribution in [0.3, 0.4) is 0 Å². The van der Waals surface area contributed by atoms with Crippen molar-refractivity contribution in [1.29, 1.82) is 0 Å². The van der Waals surface area contributed by atoms with Crippen LogP contribution in [0.1, 0.15) is 53.3 Å². The average molecular weight is 589 g/mol. The van der Waals surface area contributed by atoms with Crippen LogP contribution in [0.4, 0.5) is 17.1 Å². The molecule has 2 aliphatic rings. The maximum absolute atomic E-state index is 13.6. The number of piperidine rings is 2. The van der Waals surface area contributed by atoms with E-state index in [1.165, 1.54) is 12.3 Å². The molecule has 1 aromatic heterocycles. The smallest absolute Gasteiger partial charge is 0.294 e. The number of ether oxygens (including phenoxy) is 1. The van der Waals surface area contributed by atoms with Crippen molar-refractivity contribution >= 4 is 44.8 Å². The molecule has 12 heteroatoms. The Morgan fingerprint density at radius 1 is 1.16 bits per heavy atom. The lowest BCUT2D eigenvalue weighted by molar-refractivity contribution is -0.384. The molecule has 2 aliphatic heterocycles. The number of methoxy groups -OCH3 is 1. The lowest BCUT2D eigenvalue weighted by atomic mass is 9.93. The maximum Gasteiger partial charge on any atom is 0.294 e. The molecule has 11 nitrogen and oxygen atoms in total. The number of nitro groups is 1. The first-order valence-corrected chi connectivity index (χ1v) is 13.4. The zero-order valence-electron chi connectivity index (χ0n) is 21.8. The van der Waals surface area contributed by atoms with Gasteiger partial charge < -0.3 is 25.2 Å². The molecule has 0 bridgehead atoms. The van der Waals surface area contributed by atoms with Gasteiger partial charge in [0.15, 0.2) is 0 Å². The second kappa shape index (κ2) is 11.6. The molecule has 0 spiro atoms. The minimum Gasteiger partial charge on any atom is -0.387 e. The first kappa shape index (κ1) is 27.8. The van der Waals surface area contributed by atoms with Gasteiger partial charge in [-0.15, -0.1) is 0 Å². The van der Waals surface area contributed by atoms with E-state index >= 15 is 0 Å². The van der Waals surface area contributed by atoms with Crippen molar-refractivity contribution in [1.82, 2.24) is 14.8 Å². The third-order valence-corrected chi connectivity index (χ3v) is 7.90. The Bertz CT molecular complexity index is 1220. The molecule has 2 aromatic rings. The van der Waals surface area contributed by atoms with Gasteiger partial charge in [0.1, 0.15) is 5.69 Å². The van der Waals surface area contributed by atoms with Crippen molar-refractivity contribution in [3.63, 3.8) is 0 Å². The van der Waals surface area contributed by atoms with Gasteiger partial charge in [0.05, 0.1) is 27.3 Å². The Kier molecular flexibility index (Phi) is 8.51. The van der Waals surface area contributed by atoms with Gasteiger partial charge in [0.25, 0.3) is 17.5 Å². The number of nitro benzene ring substituents is 1. The summed E-state index contributed by atoms with van der Waals surface area (Å²) < 4.78 is 6.05. The number of aromatic nitrogens is 1. The molecule has 2 fully saturated rings. The topological polar surface area (TPSA) is 130 Å². The zero-order chi connectivity index (χ0) is 27.4. The summed E-state index contributed by atoms with van der Waals surface area (Å²) in [5, 5.41) is 18.3. The quantitative estimate of drug-likeness (QED) is 0.364. The predicted octanol–water partition coefficient (Wildman–Crippen LogP) is 4.15. The molecule has 0 unspecified atom stereocenters. The Morgan fingerprint density at radius 3 is 2.55 bits per heavy atom. The van der Waals surface area contributed by atoms with Crippen LogP contribution < -0.4 is 10.6 Å². The third-order valence-electron chi connectivity index (χ3n) is 7.44. The first-order chi connectivity index (χ1) is 18.1. The Balaban J connectivity index is 1.57. The van der Waals surface area contributed by atoms with Crippen LogP contribution in [-0.4, -0.2) is 83.5 Å². The number of carbonyl (C=O) groups is 2. The molecule has 38 heavy (non-hydrogen) atoms. The van der Waals surface area contributed by atoms with Crippen molar-refractivity contribution in [2.24, 2.45) is 0 Å². The van der Waals surface area contributed by atoms with E-state index < -0.39 is 4.92 Å². The summed E-state index contributed by atoms with van der Waals surface area (Å²) in [6.45, 7) is 3.93. The van der Waals surface area contributed by atoms with Gasteiger partial charge in [0, 0.05) is 69.3 Å². The highest BCUT2D eigenvalue weighted by Gasteiger charge is 2.35. The normalized spacial score (nSPS) is 19.1. The van der Waals surface area contributed by atoms with E-state index in [1.807, 2.05) is 6.92 Å². The minimum atomic E-state index is -0.483. The van der Waals surface area contributed by atoms with Gasteiger partial charge in [-0.2, -0.15) is 0 Å². The van der Waals surface area contributed by atoms with Crippen LogP contribution in [0, 0.1) is 10.1 Å². The molecule has 204 valence electrons. The number of pyridine rings is 1. The van der Waals surface area contributed by atoms with E-state index in [-0.39, 0.29) is 40.4 Å². The summed E-state index contributed by atoms with van der Waals surface area (Å²) in [7, 11) is 3.43. The number of rotatable bonds is 7. The standard InChI is InChI=1S/C26H33BrN6O5/c1-26(38-3)6-9-31(10-7-26)25(35)21-12-18(27)13-22(33(36)37)23(21)30-19-5-4-8-32(16-19)24(34)17-11-20(28-2)15-29-14-17/h11-15,19,28,30H,4-10,16H2,1-3H3/t19-/m1/s1. The summed E-state index contributed by atoms with van der Waals surface area (Å²) in [6.07, 6.45) is 5.95. The molecule has 2 saturated heterocycles. The van der Waals surface area contributed by atoms with Crippen molar-refractivity contribution in [2.45, 2.75) is 44.2 Å². The van der Waals surface area contributed by atoms with E-state index in [2.05, 4.69) is 31.5 Å². The summed E-state index contributed by atoms with van der Waals surface area (Å²) in [6, 6.07) is 4.51. The molecule has 2 N–H and O–H groups in total. The van der Waals surface area contributed by atoms with Crippen molar-refractivity contribution in [2.75, 3.05) is 51.0 Å². The van der Waals surface area contributed by atoms with E-state index in [4.69, 9.17) is 4.74 Å². The number of nitrogens with zero attached hydrogens (tertiary/aromatic N) is 4. The lowest BCUT2D eigenvalue weighted by Crippen LogP contribution is -2.47. The number of halogens is 1. The summed E-state index contributed by atoms with van der Waals surface area (Å²) in [4.78, 5) is 45.9. The Labute approximate surface area is 230 Å². The van der Waals surface area contributed by atoms with Crippen molar-refractivity contribution < 1.29 is 19.2 Å². The fourth-order valence-corrected chi connectivity index (χ4v) is 5.42. The number of nitrogens with one attached hydrogen (secondary N) is 2. The Hall–Kier alpha value is -3.25. The molecular weight excluding hydrogens is 556 g/mol. The first-order valence-electron chi connectivity index (χ1n) is 12.6. The molecule has 0 saturated carbocycles. The van der Waals surface area contributed by atoms with E-state index in [0.29, 0.717) is 55.5 Å². The lowest BCUT2D eigenvalue weighted by Gasteiger charge is -2.38. The molecule has 3 heterocycles. The van der Waals surface area contributed by atoms with Crippen LogP contribution in [0.25, 0.3) is 0 Å². The fourth-order valence-electron chi connectivity index (χ4n) is 4.97. The molecule has 1 atom stereocenters. The summed E-state index contributed by atoms with van der Waals surface area (Å²) >= 11 is 3.34. The fraction of sp³-hybridized carbons (Fsp3) is 0.500. The number of amides is 2. The summed E-state index contributed by atoms with van der Waals surface area (Å²) in [5.74, 6) is -0.425. The predicted molar refractivity (Wildman–Crippen MR) is 148 cm³/mol. The van der Waals surface area contributed by atoms with Crippen LogP contribution in [0.15, 0.2) is 35.1 Å². The van der Waals surface area contributed by atoms with E-state index in [9.17, 15) is 19.7 Å². The zero-order valence-corrected chi connectivity index (χ0v) is 23.4. The molecular formula is C26H33BrN6O5. The molecule has 0 aliphatic carbocycles. The van der Waals surface area contributed by atoms with Gasteiger partial charge in [-0.1, -0.05) is 15.9 Å². The maximum atomic E-state index is 13.6. The number of likely N-dealkylation sites (tertiary alicyclic amines) is 2. The minimum absolute atomic E-state index is 0.155. The van der Waals surface area contributed by atoms with Gasteiger partial charge in [0.2, 0.25) is 0 Å². The number of hydrogen-bond donors (Lipinski definition) is 2. The number of carbonyl (C=O) groups excluding carboxylic acids is 2. The van der Waals surface area contributed by atoms with Crippen LogP contribution in [-0.2, 0) is 4.74 Å². The second-order valence-corrected chi connectivity index (χ2v) is 10.9. The monoisotopic (exact) mass is 588 g/mol. The van der Waals surface area contributed by atoms with Crippen LogP contribution >= 0.6 is 15.9 Å². The second-order valence-electron chi connectivity index (χ2n) is 10.00. The van der Waals surface area contributed by atoms with Gasteiger partial charge in [-0.3, -0.25) is 24.7 Å². The summed E-state index contributed by atoms with van der Waals surface area (Å²) in [5.41, 5.74) is 1.15. The highest BCUT2D eigenvalue weighted by molar-refractivity contribution is 9.10. The third kappa shape index (κ3) is 6.07. The highest BCUT2D eigenvalue weighted by atomic mass is 79.9. The van der Waals surface area contributed by atoms with Crippen molar-refractivity contribution in [3.8, 4) is 0 Å². The van der Waals surface area contributed by atoms with Gasteiger partial charge in [-0.25, -0.2) is 0 Å². The molecule has 4 rings (SSSR count). The molecule has 0 radical (unpaired) electrons. The van der Waals surface area contributed by atoms with Crippen molar-refractivity contribution in [3.05, 3.63) is 56.3 Å². The highest BCUT2D eigenvalue weighted by Crippen LogP contribution is 2.36. The SMILES string of the molecule is CNc1cncc(C(=O)N2CCC[C@@H](Nc3c(C(=O)N4CCC(C)(OC)CC4)cc(Br)cc3[N+](=O)[O-])C2)c1. The number of benzene rings is 1. The Morgan fingerprint density at radius 2 is 1.89 bits per heavy atom. The molecule has 1 aromatic carbocycles. The number of hydrogen-bond acceptors (Lipinski definition) is 8. The molecule has 2 amide bonds. The average Bonchev–Trinajstić information content (AvgIpc) is 2.93. The van der Waals surface area contributed by atoms with E-state index in [0.717, 1.165) is 12.1 Å². The van der Waals surface area contributed by atoms with Gasteiger partial charge in [-0.05, 0) is 44.7 Å².